The van der Waals surface area contributed by atoms with Crippen LogP contribution in [0.5, 0.6) is 0 Å². The third-order valence-electron chi connectivity index (χ3n) is 3.13. The number of halogens is 2. The van der Waals surface area contributed by atoms with Crippen LogP contribution >= 0.6 is 11.6 Å². The molecular formula is C15H14ClFO. The summed E-state index contributed by atoms with van der Waals surface area (Å²) < 4.78 is 13.6. The monoisotopic (exact) mass is 264 g/mol. The molecule has 0 bridgehead atoms. The van der Waals surface area contributed by atoms with Gasteiger partial charge < -0.3 is 5.11 Å². The minimum Gasteiger partial charge on any atom is -0.381 e. The Morgan fingerprint density at radius 1 is 1.17 bits per heavy atom. The first-order chi connectivity index (χ1) is 8.43. The zero-order chi connectivity index (χ0) is 13.3. The van der Waals surface area contributed by atoms with E-state index in [0.717, 1.165) is 0 Å². The Kier molecular flexibility index (Phi) is 3.42. The van der Waals surface area contributed by atoms with Crippen molar-refractivity contribution in [3.8, 4) is 0 Å². The number of benzene rings is 2. The van der Waals surface area contributed by atoms with Gasteiger partial charge in [0.25, 0.3) is 0 Å². The molecule has 0 aliphatic carbocycles. The fourth-order valence-corrected chi connectivity index (χ4v) is 2.23. The smallest absolute Gasteiger partial charge is 0.126 e. The topological polar surface area (TPSA) is 20.2 Å². The van der Waals surface area contributed by atoms with Gasteiger partial charge in [-0.15, -0.1) is 0 Å². The number of aliphatic hydroxyl groups is 1. The largest absolute Gasteiger partial charge is 0.381 e. The quantitative estimate of drug-likeness (QED) is 0.868. The molecule has 1 atom stereocenters. The Hall–Kier alpha value is -1.38. The summed E-state index contributed by atoms with van der Waals surface area (Å²) in [5.74, 6) is -0.333. The lowest BCUT2D eigenvalue weighted by atomic mass is 9.87. The molecule has 0 saturated carbocycles. The third-order valence-corrected chi connectivity index (χ3v) is 3.46. The Bertz CT molecular complexity index is 578. The van der Waals surface area contributed by atoms with Crippen LogP contribution in [0.2, 0.25) is 5.02 Å². The van der Waals surface area contributed by atoms with Crippen molar-refractivity contribution in [1.82, 2.24) is 0 Å². The lowest BCUT2D eigenvalue weighted by Crippen LogP contribution is -2.23. The predicted octanol–water partition coefficient (Wildman–Crippen LogP) is 4.04. The number of rotatable bonds is 2. The standard InChI is InChI=1S/C15H14ClFO/c1-10-7-8-11(9-14(10)17)15(2,18)12-5-3-4-6-13(12)16/h3-9,18H,1-2H3. The second-order valence-corrected chi connectivity index (χ2v) is 4.92. The summed E-state index contributed by atoms with van der Waals surface area (Å²) in [4.78, 5) is 0. The van der Waals surface area contributed by atoms with Crippen molar-refractivity contribution in [2.75, 3.05) is 0 Å². The van der Waals surface area contributed by atoms with Crippen molar-refractivity contribution in [1.29, 1.82) is 0 Å². The van der Waals surface area contributed by atoms with E-state index in [1.165, 1.54) is 6.07 Å². The summed E-state index contributed by atoms with van der Waals surface area (Å²) in [6.07, 6.45) is 0. The fraction of sp³-hybridized carbons (Fsp3) is 0.200. The van der Waals surface area contributed by atoms with E-state index in [9.17, 15) is 9.50 Å². The molecule has 2 aromatic carbocycles. The average Bonchev–Trinajstić information content (AvgIpc) is 2.33. The Morgan fingerprint density at radius 2 is 1.83 bits per heavy atom. The minimum atomic E-state index is -1.31. The zero-order valence-electron chi connectivity index (χ0n) is 10.2. The molecule has 3 heteroatoms. The maximum atomic E-state index is 13.6. The molecular weight excluding hydrogens is 251 g/mol. The fourth-order valence-electron chi connectivity index (χ4n) is 1.91. The van der Waals surface area contributed by atoms with Crippen molar-refractivity contribution in [2.45, 2.75) is 19.4 Å². The molecule has 18 heavy (non-hydrogen) atoms. The van der Waals surface area contributed by atoms with Gasteiger partial charge in [-0.1, -0.05) is 41.9 Å². The van der Waals surface area contributed by atoms with Crippen LogP contribution in [0, 0.1) is 12.7 Å². The number of aryl methyl sites for hydroxylation is 1. The molecule has 0 saturated heterocycles. The first kappa shape index (κ1) is 13.1. The Labute approximate surface area is 111 Å². The molecule has 1 N–H and O–H groups in total. The lowest BCUT2D eigenvalue weighted by molar-refractivity contribution is 0.102. The van der Waals surface area contributed by atoms with E-state index in [1.54, 1.807) is 50.2 Å². The molecule has 0 aliphatic rings. The van der Waals surface area contributed by atoms with Gasteiger partial charge in [-0.3, -0.25) is 0 Å². The van der Waals surface area contributed by atoms with Crippen molar-refractivity contribution in [3.05, 3.63) is 70.0 Å². The summed E-state index contributed by atoms with van der Waals surface area (Å²) in [5.41, 5.74) is 0.287. The summed E-state index contributed by atoms with van der Waals surface area (Å²) in [5, 5.41) is 11.1. The first-order valence-electron chi connectivity index (χ1n) is 5.67. The minimum absolute atomic E-state index is 0.333. The Morgan fingerprint density at radius 3 is 2.44 bits per heavy atom. The molecule has 0 radical (unpaired) electrons. The van der Waals surface area contributed by atoms with Crippen LogP contribution in [0.25, 0.3) is 0 Å². The summed E-state index contributed by atoms with van der Waals surface area (Å²) >= 11 is 6.08. The summed E-state index contributed by atoms with van der Waals surface area (Å²) in [6, 6.07) is 11.7. The van der Waals surface area contributed by atoms with Gasteiger partial charge in [0.1, 0.15) is 11.4 Å². The van der Waals surface area contributed by atoms with Crippen molar-refractivity contribution in [3.63, 3.8) is 0 Å². The molecule has 0 amide bonds. The van der Waals surface area contributed by atoms with E-state index in [0.29, 0.717) is 21.7 Å². The highest BCUT2D eigenvalue weighted by Crippen LogP contribution is 2.34. The van der Waals surface area contributed by atoms with Gasteiger partial charge in [0.05, 0.1) is 0 Å². The van der Waals surface area contributed by atoms with E-state index < -0.39 is 5.60 Å². The van der Waals surface area contributed by atoms with Gasteiger partial charge in [0.15, 0.2) is 0 Å². The highest BCUT2D eigenvalue weighted by molar-refractivity contribution is 6.31. The molecule has 0 aromatic heterocycles. The van der Waals surface area contributed by atoms with Crippen LogP contribution in [0.1, 0.15) is 23.6 Å². The number of hydrogen-bond donors (Lipinski definition) is 1. The van der Waals surface area contributed by atoms with Gasteiger partial charge >= 0.3 is 0 Å². The Balaban J connectivity index is 2.54. The normalized spacial score (nSPS) is 14.3. The second kappa shape index (κ2) is 4.71. The van der Waals surface area contributed by atoms with E-state index >= 15 is 0 Å². The predicted molar refractivity (Wildman–Crippen MR) is 71.3 cm³/mol. The molecule has 2 rings (SSSR count). The molecule has 94 valence electrons. The highest BCUT2D eigenvalue weighted by atomic mass is 35.5. The van der Waals surface area contributed by atoms with Gasteiger partial charge in [-0.05, 0) is 37.1 Å². The lowest BCUT2D eigenvalue weighted by Gasteiger charge is -2.25. The summed E-state index contributed by atoms with van der Waals surface area (Å²) in [7, 11) is 0. The zero-order valence-corrected chi connectivity index (χ0v) is 11.0. The van der Waals surface area contributed by atoms with E-state index in [1.807, 2.05) is 0 Å². The van der Waals surface area contributed by atoms with Crippen molar-refractivity contribution in [2.24, 2.45) is 0 Å². The van der Waals surface area contributed by atoms with Crippen LogP contribution in [-0.4, -0.2) is 5.11 Å². The molecule has 1 unspecified atom stereocenters. The van der Waals surface area contributed by atoms with Crippen LogP contribution < -0.4 is 0 Å². The van der Waals surface area contributed by atoms with Crippen LogP contribution in [0.15, 0.2) is 42.5 Å². The van der Waals surface area contributed by atoms with E-state index in [2.05, 4.69) is 0 Å². The third kappa shape index (κ3) is 2.26. The highest BCUT2D eigenvalue weighted by Gasteiger charge is 2.28. The number of hydrogen-bond acceptors (Lipinski definition) is 1. The van der Waals surface area contributed by atoms with Crippen LogP contribution in [0.4, 0.5) is 4.39 Å². The van der Waals surface area contributed by atoms with Crippen LogP contribution in [0.3, 0.4) is 0 Å². The van der Waals surface area contributed by atoms with Gasteiger partial charge in [0.2, 0.25) is 0 Å². The maximum absolute atomic E-state index is 13.6. The van der Waals surface area contributed by atoms with E-state index in [4.69, 9.17) is 11.6 Å². The second-order valence-electron chi connectivity index (χ2n) is 4.52. The van der Waals surface area contributed by atoms with Gasteiger partial charge in [-0.2, -0.15) is 0 Å². The molecule has 2 aromatic rings. The molecule has 0 heterocycles. The molecule has 1 nitrogen and oxygen atoms in total. The van der Waals surface area contributed by atoms with Gasteiger partial charge in [-0.25, -0.2) is 4.39 Å². The van der Waals surface area contributed by atoms with Gasteiger partial charge in [0, 0.05) is 10.6 Å². The molecule has 0 aliphatic heterocycles. The van der Waals surface area contributed by atoms with Crippen molar-refractivity contribution < 1.29 is 9.50 Å². The average molecular weight is 265 g/mol. The SMILES string of the molecule is Cc1ccc(C(C)(O)c2ccccc2Cl)cc1F. The molecule has 0 fully saturated rings. The van der Waals surface area contributed by atoms with Crippen molar-refractivity contribution >= 4 is 11.6 Å². The molecule has 0 spiro atoms. The first-order valence-corrected chi connectivity index (χ1v) is 6.04. The maximum Gasteiger partial charge on any atom is 0.126 e. The summed E-state index contributed by atoms with van der Waals surface area (Å²) in [6.45, 7) is 3.29. The van der Waals surface area contributed by atoms with E-state index in [-0.39, 0.29) is 5.82 Å². The van der Waals surface area contributed by atoms with Crippen LogP contribution in [-0.2, 0) is 5.60 Å².